The van der Waals surface area contributed by atoms with Crippen LogP contribution in [0.4, 0.5) is 5.69 Å². The van der Waals surface area contributed by atoms with Gasteiger partial charge in [0.15, 0.2) is 17.9 Å². The Kier molecular flexibility index (Phi) is 5.10. The Balaban J connectivity index is 1.60. The fraction of sp³-hybridized carbons (Fsp3) is 0.0909. The van der Waals surface area contributed by atoms with Gasteiger partial charge in [-0.05, 0) is 36.4 Å². The summed E-state index contributed by atoms with van der Waals surface area (Å²) in [6.07, 6.45) is 0. The molecule has 0 radical (unpaired) electrons. The first-order valence-electron chi connectivity index (χ1n) is 8.77. The molecule has 1 aromatic heterocycles. The molecule has 29 heavy (non-hydrogen) atoms. The maximum absolute atomic E-state index is 12.7. The Morgan fingerprint density at radius 3 is 2.62 bits per heavy atom. The zero-order valence-electron chi connectivity index (χ0n) is 15.4. The van der Waals surface area contributed by atoms with Gasteiger partial charge in [-0.2, -0.15) is 0 Å². The van der Waals surface area contributed by atoms with E-state index >= 15 is 0 Å². The van der Waals surface area contributed by atoms with Crippen molar-refractivity contribution in [2.24, 2.45) is 0 Å². The summed E-state index contributed by atoms with van der Waals surface area (Å²) in [5.74, 6) is 0.515. The van der Waals surface area contributed by atoms with Crippen molar-refractivity contribution in [1.82, 2.24) is 0 Å². The Bertz CT molecular complexity index is 1280. The van der Waals surface area contributed by atoms with E-state index in [2.05, 4.69) is 5.32 Å². The second-order valence-electron chi connectivity index (χ2n) is 6.25. The fourth-order valence-corrected chi connectivity index (χ4v) is 3.18. The van der Waals surface area contributed by atoms with Crippen molar-refractivity contribution < 1.29 is 18.7 Å². The SMILES string of the molecule is COc1cccc2c(=O)c3ccc(NC(=O)COc4ccccc4Cl)cc3oc12. The van der Waals surface area contributed by atoms with Gasteiger partial charge < -0.3 is 19.2 Å². The predicted octanol–water partition coefficient (Wildman–Crippen LogP) is 4.63. The van der Waals surface area contributed by atoms with Gasteiger partial charge in [0, 0.05) is 11.8 Å². The van der Waals surface area contributed by atoms with E-state index in [1.165, 1.54) is 7.11 Å². The topological polar surface area (TPSA) is 77.8 Å². The molecule has 6 nitrogen and oxygen atoms in total. The van der Waals surface area contributed by atoms with Crippen LogP contribution in [0.3, 0.4) is 0 Å². The lowest BCUT2D eigenvalue weighted by Crippen LogP contribution is -2.20. The van der Waals surface area contributed by atoms with E-state index in [9.17, 15) is 9.59 Å². The van der Waals surface area contributed by atoms with Gasteiger partial charge in [0.05, 0.1) is 22.9 Å². The lowest BCUT2D eigenvalue weighted by molar-refractivity contribution is -0.118. The fourth-order valence-electron chi connectivity index (χ4n) is 2.99. The summed E-state index contributed by atoms with van der Waals surface area (Å²) in [6.45, 7) is -0.211. The first kappa shape index (κ1) is 18.8. The lowest BCUT2D eigenvalue weighted by Gasteiger charge is -2.10. The van der Waals surface area contributed by atoms with Crippen LogP contribution in [0.25, 0.3) is 21.9 Å². The molecule has 7 heteroatoms. The minimum Gasteiger partial charge on any atom is -0.493 e. The van der Waals surface area contributed by atoms with E-state index in [4.69, 9.17) is 25.5 Å². The van der Waals surface area contributed by atoms with Crippen LogP contribution >= 0.6 is 11.6 Å². The number of methoxy groups -OCH3 is 1. The zero-order chi connectivity index (χ0) is 20.4. The van der Waals surface area contributed by atoms with Crippen LogP contribution in [-0.2, 0) is 4.79 Å². The molecule has 0 aliphatic carbocycles. The van der Waals surface area contributed by atoms with Gasteiger partial charge in [-0.15, -0.1) is 0 Å². The third kappa shape index (κ3) is 3.75. The van der Waals surface area contributed by atoms with Gasteiger partial charge in [0.1, 0.15) is 11.3 Å². The van der Waals surface area contributed by atoms with Crippen LogP contribution in [0.2, 0.25) is 5.02 Å². The first-order chi connectivity index (χ1) is 14.1. The Morgan fingerprint density at radius 1 is 1.03 bits per heavy atom. The highest BCUT2D eigenvalue weighted by Gasteiger charge is 2.13. The molecule has 4 rings (SSSR count). The summed E-state index contributed by atoms with van der Waals surface area (Å²) in [4.78, 5) is 25.0. The number of nitrogens with one attached hydrogen (secondary N) is 1. The van der Waals surface area contributed by atoms with Crippen LogP contribution in [-0.4, -0.2) is 19.6 Å². The first-order valence-corrected chi connectivity index (χ1v) is 9.15. The molecule has 4 aromatic rings. The number of hydrogen-bond acceptors (Lipinski definition) is 5. The highest BCUT2D eigenvalue weighted by molar-refractivity contribution is 6.32. The van der Waals surface area contributed by atoms with Gasteiger partial charge in [-0.3, -0.25) is 9.59 Å². The molecular weight excluding hydrogens is 394 g/mol. The smallest absolute Gasteiger partial charge is 0.262 e. The van der Waals surface area contributed by atoms with E-state index < -0.39 is 0 Å². The highest BCUT2D eigenvalue weighted by Crippen LogP contribution is 2.28. The average molecular weight is 410 g/mol. The number of ether oxygens (including phenoxy) is 2. The van der Waals surface area contributed by atoms with Crippen LogP contribution in [0.1, 0.15) is 0 Å². The number of carbonyl (C=O) groups excluding carboxylic acids is 1. The van der Waals surface area contributed by atoms with Crippen molar-refractivity contribution >= 4 is 45.1 Å². The van der Waals surface area contributed by atoms with Crippen LogP contribution in [0, 0.1) is 0 Å². The number of carbonyl (C=O) groups is 1. The van der Waals surface area contributed by atoms with Gasteiger partial charge in [-0.1, -0.05) is 29.8 Å². The molecule has 0 fully saturated rings. The maximum Gasteiger partial charge on any atom is 0.262 e. The second-order valence-corrected chi connectivity index (χ2v) is 6.65. The van der Waals surface area contributed by atoms with E-state index in [1.807, 2.05) is 0 Å². The molecule has 0 aliphatic heterocycles. The summed E-state index contributed by atoms with van der Waals surface area (Å²) in [6, 6.07) is 16.9. The summed E-state index contributed by atoms with van der Waals surface area (Å²) < 4.78 is 16.6. The van der Waals surface area contributed by atoms with Crippen molar-refractivity contribution in [3.05, 3.63) is 75.9 Å². The second kappa shape index (κ2) is 7.85. The summed E-state index contributed by atoms with van der Waals surface area (Å²) in [7, 11) is 1.51. The number of benzene rings is 3. The third-order valence-corrected chi connectivity index (χ3v) is 4.67. The van der Waals surface area contributed by atoms with Crippen LogP contribution in [0.15, 0.2) is 69.9 Å². The Hall–Kier alpha value is -3.51. The van der Waals surface area contributed by atoms with Crippen LogP contribution in [0.5, 0.6) is 11.5 Å². The van der Waals surface area contributed by atoms with Gasteiger partial charge >= 0.3 is 0 Å². The molecule has 1 amide bonds. The van der Waals surface area contributed by atoms with Crippen molar-refractivity contribution in [1.29, 1.82) is 0 Å². The quantitative estimate of drug-likeness (QED) is 0.486. The van der Waals surface area contributed by atoms with Crippen molar-refractivity contribution in [2.45, 2.75) is 0 Å². The summed E-state index contributed by atoms with van der Waals surface area (Å²) >= 11 is 6.01. The van der Waals surface area contributed by atoms with E-state index in [0.717, 1.165) is 0 Å². The van der Waals surface area contributed by atoms with E-state index in [0.29, 0.717) is 44.1 Å². The standard InChI is InChI=1S/C22H16ClNO5/c1-27-18-8-4-5-15-21(26)14-10-9-13(11-19(14)29-22(15)18)24-20(25)12-28-17-7-3-2-6-16(17)23/h2-11H,12H2,1H3,(H,24,25). The molecule has 0 saturated heterocycles. The molecule has 3 aromatic carbocycles. The number of para-hydroxylation sites is 2. The molecule has 0 atom stereocenters. The molecule has 0 saturated carbocycles. The predicted molar refractivity (Wildman–Crippen MR) is 112 cm³/mol. The summed E-state index contributed by atoms with van der Waals surface area (Å²) in [5.41, 5.74) is 1.01. The molecular formula is C22H16ClNO5. The van der Waals surface area contributed by atoms with Crippen molar-refractivity contribution in [3.8, 4) is 11.5 Å². The monoisotopic (exact) mass is 409 g/mol. The normalized spacial score (nSPS) is 10.8. The maximum atomic E-state index is 12.7. The highest BCUT2D eigenvalue weighted by atomic mass is 35.5. The lowest BCUT2D eigenvalue weighted by atomic mass is 10.1. The van der Waals surface area contributed by atoms with Gasteiger partial charge in [0.25, 0.3) is 5.91 Å². The van der Waals surface area contributed by atoms with E-state index in [-0.39, 0.29) is 17.9 Å². The van der Waals surface area contributed by atoms with E-state index in [1.54, 1.807) is 60.7 Å². The average Bonchev–Trinajstić information content (AvgIpc) is 2.73. The minimum atomic E-state index is -0.370. The molecule has 1 heterocycles. The van der Waals surface area contributed by atoms with Gasteiger partial charge in [-0.25, -0.2) is 0 Å². The number of fused-ring (bicyclic) bond motifs is 2. The number of hydrogen-bond donors (Lipinski definition) is 1. The molecule has 146 valence electrons. The number of amides is 1. The third-order valence-electron chi connectivity index (χ3n) is 4.36. The van der Waals surface area contributed by atoms with Crippen LogP contribution < -0.4 is 20.2 Å². The minimum absolute atomic E-state index is 0.167. The zero-order valence-corrected chi connectivity index (χ0v) is 16.2. The molecule has 0 bridgehead atoms. The summed E-state index contributed by atoms with van der Waals surface area (Å²) in [5, 5.41) is 3.99. The van der Waals surface area contributed by atoms with Crippen molar-refractivity contribution in [2.75, 3.05) is 19.0 Å². The number of anilines is 1. The van der Waals surface area contributed by atoms with Crippen molar-refractivity contribution in [3.63, 3.8) is 0 Å². The van der Waals surface area contributed by atoms with Gasteiger partial charge in [0.2, 0.25) is 5.43 Å². The molecule has 1 N–H and O–H groups in total. The largest absolute Gasteiger partial charge is 0.493 e. The molecule has 0 spiro atoms. The number of halogens is 1. The molecule has 0 aliphatic rings. The Morgan fingerprint density at radius 2 is 1.83 bits per heavy atom. The molecule has 0 unspecified atom stereocenters. The Labute approximate surface area is 170 Å². The number of rotatable bonds is 5.